The average Bonchev–Trinajstić information content (AvgIpc) is 1.68. The molecule has 44 valence electrons. The maximum atomic E-state index is 4.11. The molecule has 0 aromatic carbocycles. The second kappa shape index (κ2) is 3.15. The zero-order valence-corrected chi connectivity index (χ0v) is 7.12. The molecule has 0 amide bonds. The molecule has 0 saturated heterocycles. The highest BCUT2D eigenvalue weighted by molar-refractivity contribution is 8.69. The second-order valence-electron chi connectivity index (χ2n) is 2.01. The first kappa shape index (κ1) is 8.05. The van der Waals surface area contributed by atoms with Gasteiger partial charge in [0.15, 0.2) is 0 Å². The van der Waals surface area contributed by atoms with Crippen molar-refractivity contribution in [3.63, 3.8) is 0 Å². The lowest BCUT2D eigenvalue weighted by Gasteiger charge is -2.16. The van der Waals surface area contributed by atoms with Crippen molar-refractivity contribution in [2.24, 2.45) is 0 Å². The SMILES string of the molecule is CC(C)(CS)SS. The van der Waals surface area contributed by atoms with E-state index < -0.39 is 0 Å². The van der Waals surface area contributed by atoms with Gasteiger partial charge in [0, 0.05) is 10.5 Å². The van der Waals surface area contributed by atoms with Gasteiger partial charge >= 0.3 is 0 Å². The van der Waals surface area contributed by atoms with Crippen LogP contribution in [0.4, 0.5) is 0 Å². The smallest absolute Gasteiger partial charge is 0.0292 e. The first-order chi connectivity index (χ1) is 3.12. The zero-order chi connectivity index (χ0) is 5.91. The van der Waals surface area contributed by atoms with E-state index in [1.165, 1.54) is 0 Å². The standard InChI is InChI=1S/C4H10S3/c1-4(2,3-5)7-6/h5-6H,3H2,1-2H3. The minimum atomic E-state index is 0.228. The van der Waals surface area contributed by atoms with Crippen LogP contribution in [0.3, 0.4) is 0 Å². The maximum Gasteiger partial charge on any atom is 0.0292 e. The van der Waals surface area contributed by atoms with Gasteiger partial charge in [-0.1, -0.05) is 10.8 Å². The van der Waals surface area contributed by atoms with E-state index >= 15 is 0 Å². The van der Waals surface area contributed by atoms with Crippen LogP contribution in [0.15, 0.2) is 0 Å². The molecule has 0 bridgehead atoms. The van der Waals surface area contributed by atoms with Crippen molar-refractivity contribution < 1.29 is 0 Å². The molecule has 0 atom stereocenters. The minimum Gasteiger partial charge on any atom is -0.178 e. The van der Waals surface area contributed by atoms with E-state index in [-0.39, 0.29) is 4.75 Å². The van der Waals surface area contributed by atoms with Crippen LogP contribution in [0.25, 0.3) is 0 Å². The molecule has 0 fully saturated rings. The van der Waals surface area contributed by atoms with Crippen LogP contribution >= 0.6 is 35.1 Å². The van der Waals surface area contributed by atoms with Crippen molar-refractivity contribution in [3.05, 3.63) is 0 Å². The van der Waals surface area contributed by atoms with Gasteiger partial charge in [-0.05, 0) is 13.8 Å². The topological polar surface area (TPSA) is 0 Å². The first-order valence-electron chi connectivity index (χ1n) is 2.06. The summed E-state index contributed by atoms with van der Waals surface area (Å²) in [5.74, 6) is 0.876. The normalized spacial score (nSPS) is 12.0. The summed E-state index contributed by atoms with van der Waals surface area (Å²) >= 11 is 8.16. The lowest BCUT2D eigenvalue weighted by molar-refractivity contribution is 0.827. The summed E-state index contributed by atoms with van der Waals surface area (Å²) in [6, 6.07) is 0. The van der Waals surface area contributed by atoms with E-state index in [2.05, 4.69) is 38.1 Å². The molecule has 0 aromatic heterocycles. The molecule has 0 aromatic rings. The summed E-state index contributed by atoms with van der Waals surface area (Å²) in [7, 11) is 1.55. The Hall–Kier alpha value is 1.05. The minimum absolute atomic E-state index is 0.228. The fourth-order valence-electron chi connectivity index (χ4n) is 0.0289. The highest BCUT2D eigenvalue weighted by Gasteiger charge is 2.12. The summed E-state index contributed by atoms with van der Waals surface area (Å²) in [6.45, 7) is 4.22. The van der Waals surface area contributed by atoms with Gasteiger partial charge in [0.05, 0.1) is 0 Å². The van der Waals surface area contributed by atoms with Gasteiger partial charge in [-0.2, -0.15) is 12.6 Å². The molecule has 0 N–H and O–H groups in total. The monoisotopic (exact) mass is 154 g/mol. The third-order valence-corrected chi connectivity index (χ3v) is 3.75. The molecule has 0 aliphatic rings. The average molecular weight is 154 g/mol. The van der Waals surface area contributed by atoms with Gasteiger partial charge < -0.3 is 0 Å². The van der Waals surface area contributed by atoms with Crippen molar-refractivity contribution >= 4 is 35.1 Å². The molecule has 0 nitrogen and oxygen atoms in total. The fourth-order valence-corrected chi connectivity index (χ4v) is 0.779. The van der Waals surface area contributed by atoms with Crippen molar-refractivity contribution in [1.29, 1.82) is 0 Å². The summed E-state index contributed by atoms with van der Waals surface area (Å²) < 4.78 is 0.228. The predicted molar refractivity (Wildman–Crippen MR) is 44.5 cm³/mol. The lowest BCUT2D eigenvalue weighted by atomic mass is 10.2. The maximum absolute atomic E-state index is 4.11. The van der Waals surface area contributed by atoms with Gasteiger partial charge in [-0.25, -0.2) is 0 Å². The van der Waals surface area contributed by atoms with Crippen LogP contribution in [-0.2, 0) is 0 Å². The van der Waals surface area contributed by atoms with Crippen LogP contribution in [0.2, 0.25) is 0 Å². The van der Waals surface area contributed by atoms with Gasteiger partial charge in [0.1, 0.15) is 0 Å². The van der Waals surface area contributed by atoms with E-state index in [9.17, 15) is 0 Å². The van der Waals surface area contributed by atoms with Crippen molar-refractivity contribution in [1.82, 2.24) is 0 Å². The fraction of sp³-hybridized carbons (Fsp3) is 1.00. The van der Waals surface area contributed by atoms with Gasteiger partial charge in [-0.3, -0.25) is 0 Å². The van der Waals surface area contributed by atoms with E-state index in [1.54, 1.807) is 10.8 Å². The van der Waals surface area contributed by atoms with Gasteiger partial charge in [0.2, 0.25) is 0 Å². The molecule has 0 aliphatic heterocycles. The van der Waals surface area contributed by atoms with Crippen LogP contribution in [0.5, 0.6) is 0 Å². The summed E-state index contributed by atoms with van der Waals surface area (Å²) in [5.41, 5.74) is 0. The Kier molecular flexibility index (Phi) is 3.62. The third kappa shape index (κ3) is 3.62. The van der Waals surface area contributed by atoms with Crippen LogP contribution in [-0.4, -0.2) is 10.5 Å². The van der Waals surface area contributed by atoms with Gasteiger partial charge in [-0.15, -0.1) is 11.7 Å². The molecule has 0 spiro atoms. The van der Waals surface area contributed by atoms with Crippen molar-refractivity contribution in [2.75, 3.05) is 5.75 Å². The molecule has 0 radical (unpaired) electrons. The second-order valence-corrected chi connectivity index (χ2v) is 4.16. The first-order valence-corrected chi connectivity index (χ1v) is 4.56. The Morgan fingerprint density at radius 2 is 2.00 bits per heavy atom. The zero-order valence-electron chi connectivity index (χ0n) is 4.51. The molecule has 0 aliphatic carbocycles. The van der Waals surface area contributed by atoms with Crippen LogP contribution < -0.4 is 0 Å². The predicted octanol–water partition coefficient (Wildman–Crippen LogP) is 2.27. The Labute approximate surface area is 59.7 Å². The number of thiol groups is 2. The Morgan fingerprint density at radius 3 is 2.00 bits per heavy atom. The van der Waals surface area contributed by atoms with E-state index in [0.717, 1.165) is 5.75 Å². The highest BCUT2D eigenvalue weighted by atomic mass is 33.1. The largest absolute Gasteiger partial charge is 0.178 e. The van der Waals surface area contributed by atoms with Crippen molar-refractivity contribution in [2.45, 2.75) is 18.6 Å². The van der Waals surface area contributed by atoms with E-state index in [1.807, 2.05) is 0 Å². The summed E-state index contributed by atoms with van der Waals surface area (Å²) in [4.78, 5) is 0. The molecular weight excluding hydrogens is 144 g/mol. The Balaban J connectivity index is 3.36. The van der Waals surface area contributed by atoms with Crippen LogP contribution in [0, 0.1) is 0 Å². The molecule has 0 heterocycles. The number of rotatable bonds is 2. The molecular formula is C4H10S3. The van der Waals surface area contributed by atoms with Crippen molar-refractivity contribution in [3.8, 4) is 0 Å². The summed E-state index contributed by atoms with van der Waals surface area (Å²) in [5, 5.41) is 0. The van der Waals surface area contributed by atoms with E-state index in [4.69, 9.17) is 0 Å². The molecule has 0 rings (SSSR count). The summed E-state index contributed by atoms with van der Waals surface area (Å²) in [6.07, 6.45) is 0. The third-order valence-electron chi connectivity index (χ3n) is 0.628. The molecule has 0 unspecified atom stereocenters. The highest BCUT2D eigenvalue weighted by Crippen LogP contribution is 2.27. The van der Waals surface area contributed by atoms with E-state index in [0.29, 0.717) is 0 Å². The van der Waals surface area contributed by atoms with Gasteiger partial charge in [0.25, 0.3) is 0 Å². The molecule has 3 heteroatoms. The molecule has 0 saturated carbocycles. The number of hydrogen-bond acceptors (Lipinski definition) is 3. The molecule has 7 heavy (non-hydrogen) atoms. The number of hydrogen-bond donors (Lipinski definition) is 2. The Morgan fingerprint density at radius 1 is 1.57 bits per heavy atom. The lowest BCUT2D eigenvalue weighted by Crippen LogP contribution is -2.13. The van der Waals surface area contributed by atoms with Crippen LogP contribution in [0.1, 0.15) is 13.8 Å². The quantitative estimate of drug-likeness (QED) is 0.454. The Bertz CT molecular complexity index is 44.9.